The Balaban J connectivity index is 1.51. The minimum Gasteiger partial charge on any atom is -0.442 e. The number of nitrogens with one attached hydrogen (secondary N) is 3. The summed E-state index contributed by atoms with van der Waals surface area (Å²) in [5, 5.41) is 8.60. The molecule has 10 heteroatoms. The lowest BCUT2D eigenvalue weighted by molar-refractivity contribution is 0.143. The number of ether oxygens (including phenoxy) is 1. The van der Waals surface area contributed by atoms with Crippen molar-refractivity contribution in [2.24, 2.45) is 0 Å². The highest BCUT2D eigenvalue weighted by atomic mass is 32.1. The molecule has 0 spiro atoms. The van der Waals surface area contributed by atoms with Gasteiger partial charge in [0.1, 0.15) is 11.8 Å². The van der Waals surface area contributed by atoms with Crippen LogP contribution in [0.25, 0.3) is 0 Å². The molecular weight excluding hydrogens is 474 g/mol. The second-order valence-electron chi connectivity index (χ2n) is 7.85. The number of carbonyl (C=O) groups is 1. The van der Waals surface area contributed by atoms with Crippen LogP contribution >= 0.6 is 12.2 Å². The Morgan fingerprint density at radius 3 is 2.34 bits per heavy atom. The standard InChI is InChI=1S/C25H22F2N4O3S/c1-15(35)28-13-19-14-31(25(33)34-19)18-11-20(26)24(21(27)12-18)30-17-7-9-22(23(32)10-8-17)29-16-5-3-2-4-6-16/h2-12,19,30H,13-14H2,1H3,(H,28,35)(H,29,32)/t19-/m0/s1. The zero-order valence-electron chi connectivity index (χ0n) is 18.7. The third kappa shape index (κ3) is 5.90. The SMILES string of the molecule is CC(=S)NC[C@H]1CN(c2cc(F)c(Nc3ccc(Nc4ccccc4)c(=O)cc3)c(F)c2)C(=O)O1. The van der Waals surface area contributed by atoms with E-state index >= 15 is 0 Å². The third-order valence-corrected chi connectivity index (χ3v) is 5.37. The number of benzene rings is 2. The minimum atomic E-state index is -0.902. The fraction of sp³-hybridized carbons (Fsp3) is 0.160. The van der Waals surface area contributed by atoms with Gasteiger partial charge in [0.2, 0.25) is 5.43 Å². The Morgan fingerprint density at radius 2 is 1.66 bits per heavy atom. The molecule has 3 aromatic rings. The maximum Gasteiger partial charge on any atom is 0.414 e. The summed E-state index contributed by atoms with van der Waals surface area (Å²) in [7, 11) is 0. The smallest absolute Gasteiger partial charge is 0.414 e. The van der Waals surface area contributed by atoms with Gasteiger partial charge in [0.05, 0.1) is 29.5 Å². The molecule has 35 heavy (non-hydrogen) atoms. The van der Waals surface area contributed by atoms with Gasteiger partial charge in [0.25, 0.3) is 0 Å². The van der Waals surface area contributed by atoms with Crippen molar-refractivity contribution in [3.8, 4) is 0 Å². The highest BCUT2D eigenvalue weighted by Gasteiger charge is 2.33. The summed E-state index contributed by atoms with van der Waals surface area (Å²) in [6.07, 6.45) is -1.21. The zero-order chi connectivity index (χ0) is 24.9. The summed E-state index contributed by atoms with van der Waals surface area (Å²) < 4.78 is 35.0. The number of para-hydroxylation sites is 1. The lowest BCUT2D eigenvalue weighted by atomic mass is 10.2. The largest absolute Gasteiger partial charge is 0.442 e. The Kier molecular flexibility index (Phi) is 7.21. The van der Waals surface area contributed by atoms with E-state index in [1.54, 1.807) is 6.92 Å². The number of anilines is 5. The van der Waals surface area contributed by atoms with Crippen molar-refractivity contribution in [2.45, 2.75) is 13.0 Å². The lowest BCUT2D eigenvalue weighted by Crippen LogP contribution is -2.32. The van der Waals surface area contributed by atoms with Crippen LogP contribution in [0.1, 0.15) is 6.92 Å². The topological polar surface area (TPSA) is 82.7 Å². The van der Waals surface area contributed by atoms with Crippen molar-refractivity contribution >= 4 is 51.7 Å². The van der Waals surface area contributed by atoms with Crippen molar-refractivity contribution in [1.82, 2.24) is 5.32 Å². The number of carbonyl (C=O) groups excluding carboxylic acids is 1. The summed E-state index contributed by atoms with van der Waals surface area (Å²) in [5.74, 6) is -1.80. The second-order valence-corrected chi connectivity index (χ2v) is 8.47. The first kappa shape index (κ1) is 24.1. The predicted octanol–water partition coefficient (Wildman–Crippen LogP) is 5.07. The van der Waals surface area contributed by atoms with Gasteiger partial charge in [-0.05, 0) is 43.3 Å². The normalized spacial score (nSPS) is 14.9. The molecule has 0 bridgehead atoms. The number of rotatable bonds is 7. The van der Waals surface area contributed by atoms with E-state index in [0.717, 1.165) is 22.7 Å². The van der Waals surface area contributed by atoms with Crippen LogP contribution in [0.5, 0.6) is 0 Å². The van der Waals surface area contributed by atoms with Gasteiger partial charge in [0, 0.05) is 23.5 Å². The van der Waals surface area contributed by atoms with Crippen molar-refractivity contribution in [1.29, 1.82) is 0 Å². The maximum atomic E-state index is 14.9. The van der Waals surface area contributed by atoms with Crippen LogP contribution < -0.4 is 26.3 Å². The Hall–Kier alpha value is -4.05. The van der Waals surface area contributed by atoms with E-state index in [0.29, 0.717) is 22.9 Å². The summed E-state index contributed by atoms with van der Waals surface area (Å²) in [4.78, 5) is 26.3. The molecule has 1 saturated heterocycles. The van der Waals surface area contributed by atoms with Crippen LogP contribution in [-0.4, -0.2) is 30.3 Å². The molecular formula is C25H22F2N4O3S. The molecule has 0 aliphatic carbocycles. The lowest BCUT2D eigenvalue weighted by Gasteiger charge is -2.16. The predicted molar refractivity (Wildman–Crippen MR) is 136 cm³/mol. The van der Waals surface area contributed by atoms with Crippen molar-refractivity contribution in [3.05, 3.63) is 88.6 Å². The minimum absolute atomic E-state index is 0.0342. The maximum absolute atomic E-state index is 14.9. The summed E-state index contributed by atoms with van der Waals surface area (Å²) >= 11 is 4.94. The number of nitrogens with zero attached hydrogens (tertiary/aromatic N) is 1. The van der Waals surface area contributed by atoms with Crippen LogP contribution in [0.2, 0.25) is 0 Å². The van der Waals surface area contributed by atoms with Gasteiger partial charge < -0.3 is 20.7 Å². The molecule has 3 aromatic carbocycles. The fourth-order valence-corrected chi connectivity index (χ4v) is 3.59. The average Bonchev–Trinajstić information content (AvgIpc) is 3.12. The zero-order valence-corrected chi connectivity index (χ0v) is 19.5. The summed E-state index contributed by atoms with van der Waals surface area (Å²) in [6.45, 7) is 2.12. The van der Waals surface area contributed by atoms with Gasteiger partial charge in [-0.2, -0.15) is 0 Å². The van der Waals surface area contributed by atoms with Gasteiger partial charge in [-0.25, -0.2) is 13.6 Å². The van der Waals surface area contributed by atoms with Gasteiger partial charge in [-0.1, -0.05) is 30.4 Å². The first-order chi connectivity index (χ1) is 16.8. The average molecular weight is 497 g/mol. The molecule has 0 unspecified atom stereocenters. The number of halogens is 2. The van der Waals surface area contributed by atoms with Gasteiger partial charge in [-0.3, -0.25) is 9.69 Å². The van der Waals surface area contributed by atoms with E-state index in [4.69, 9.17) is 17.0 Å². The molecule has 1 heterocycles. The van der Waals surface area contributed by atoms with Gasteiger partial charge >= 0.3 is 6.09 Å². The molecule has 1 amide bonds. The Morgan fingerprint density at radius 1 is 1.00 bits per heavy atom. The van der Waals surface area contributed by atoms with Crippen molar-refractivity contribution in [2.75, 3.05) is 28.6 Å². The molecule has 7 nitrogen and oxygen atoms in total. The van der Waals surface area contributed by atoms with Crippen LogP contribution in [0, 0.1) is 11.6 Å². The number of thiocarbonyl (C=S) groups is 1. The monoisotopic (exact) mass is 496 g/mol. The molecule has 0 radical (unpaired) electrons. The number of cyclic esters (lactones) is 1. The molecule has 180 valence electrons. The first-order valence-corrected chi connectivity index (χ1v) is 11.2. The molecule has 0 saturated carbocycles. The van der Waals surface area contributed by atoms with Crippen LogP contribution in [0.15, 0.2) is 71.5 Å². The van der Waals surface area contributed by atoms with Gasteiger partial charge in [-0.15, -0.1) is 0 Å². The van der Waals surface area contributed by atoms with Crippen molar-refractivity contribution < 1.29 is 18.3 Å². The molecule has 1 fully saturated rings. The first-order valence-electron chi connectivity index (χ1n) is 10.8. The third-order valence-electron chi connectivity index (χ3n) is 5.22. The van der Waals surface area contributed by atoms with E-state index < -0.39 is 29.5 Å². The van der Waals surface area contributed by atoms with Crippen LogP contribution in [0.4, 0.5) is 42.0 Å². The van der Waals surface area contributed by atoms with Crippen LogP contribution in [0.3, 0.4) is 0 Å². The highest BCUT2D eigenvalue weighted by molar-refractivity contribution is 7.80. The fourth-order valence-electron chi connectivity index (χ4n) is 3.51. The van der Waals surface area contributed by atoms with E-state index in [1.165, 1.54) is 24.3 Å². The molecule has 3 N–H and O–H groups in total. The highest BCUT2D eigenvalue weighted by Crippen LogP contribution is 2.30. The summed E-state index contributed by atoms with van der Waals surface area (Å²) in [5.41, 5.74) is 0.670. The molecule has 1 aliphatic rings. The quantitative estimate of drug-likeness (QED) is 0.394. The van der Waals surface area contributed by atoms with E-state index in [9.17, 15) is 18.4 Å². The number of hydrogen-bond acceptors (Lipinski definition) is 6. The van der Waals surface area contributed by atoms with Gasteiger partial charge in [0.15, 0.2) is 11.6 Å². The number of amides is 1. The summed E-state index contributed by atoms with van der Waals surface area (Å²) in [6, 6.07) is 17.0. The molecule has 0 aromatic heterocycles. The number of hydrogen-bond donors (Lipinski definition) is 3. The molecule has 1 atom stereocenters. The second kappa shape index (κ2) is 10.5. The van der Waals surface area contributed by atoms with Crippen LogP contribution in [-0.2, 0) is 4.74 Å². The molecule has 1 aliphatic heterocycles. The van der Waals surface area contributed by atoms with E-state index in [-0.39, 0.29) is 17.7 Å². The van der Waals surface area contributed by atoms with Crippen molar-refractivity contribution in [3.63, 3.8) is 0 Å². The van der Waals surface area contributed by atoms with E-state index in [1.807, 2.05) is 30.3 Å². The van der Waals surface area contributed by atoms with E-state index in [2.05, 4.69) is 16.0 Å². The Bertz CT molecular complexity index is 1300. The Labute approximate surface area is 205 Å². The molecule has 4 rings (SSSR count).